The summed E-state index contributed by atoms with van der Waals surface area (Å²) in [4.78, 5) is 11.8. The van der Waals surface area contributed by atoms with E-state index in [4.69, 9.17) is 4.42 Å². The molecule has 1 heterocycles. The van der Waals surface area contributed by atoms with Crippen molar-refractivity contribution in [2.45, 2.75) is 0 Å². The molecule has 1 aromatic heterocycles. The van der Waals surface area contributed by atoms with Crippen LogP contribution in [0.4, 0.5) is 5.69 Å². The topological polar surface area (TPSA) is 42.2 Å². The third kappa shape index (κ3) is 3.32. The number of hydrogen-bond acceptors (Lipinski definition) is 2. The molecule has 0 bridgehead atoms. The molecule has 0 atom stereocenters. The maximum atomic E-state index is 11.8. The van der Waals surface area contributed by atoms with Crippen LogP contribution < -0.4 is 5.32 Å². The molecule has 1 aromatic carbocycles. The minimum absolute atomic E-state index is 0.268. The van der Waals surface area contributed by atoms with Crippen LogP contribution in [-0.4, -0.2) is 5.91 Å². The number of hydrogen-bond donors (Lipinski definition) is 1. The number of anilines is 1. The van der Waals surface area contributed by atoms with Crippen LogP contribution in [0.3, 0.4) is 0 Å². The van der Waals surface area contributed by atoms with Crippen LogP contribution in [0, 0.1) is 3.57 Å². The molecule has 1 N–H and O–H groups in total. The maximum absolute atomic E-state index is 11.8. The Bertz CT molecular complexity index is 568. The largest absolute Gasteiger partial charge is 0.444 e. The number of amides is 1. The molecular formula is C11H6Br2INO2. The van der Waals surface area contributed by atoms with Crippen molar-refractivity contribution in [2.75, 3.05) is 5.32 Å². The van der Waals surface area contributed by atoms with Crippen LogP contribution in [0.5, 0.6) is 0 Å². The van der Waals surface area contributed by atoms with Crippen LogP contribution in [0.25, 0.3) is 0 Å². The van der Waals surface area contributed by atoms with Gasteiger partial charge in [-0.2, -0.15) is 0 Å². The predicted molar refractivity (Wildman–Crippen MR) is 81.2 cm³/mol. The first-order chi connectivity index (χ1) is 8.06. The lowest BCUT2D eigenvalue weighted by atomic mass is 10.3. The molecule has 17 heavy (non-hydrogen) atoms. The van der Waals surface area contributed by atoms with Crippen molar-refractivity contribution < 1.29 is 9.21 Å². The smallest absolute Gasteiger partial charge is 0.291 e. The first-order valence-electron chi connectivity index (χ1n) is 4.58. The minimum atomic E-state index is -0.268. The van der Waals surface area contributed by atoms with E-state index in [1.54, 1.807) is 12.1 Å². The van der Waals surface area contributed by atoms with Crippen molar-refractivity contribution in [1.29, 1.82) is 0 Å². The molecule has 0 unspecified atom stereocenters. The van der Waals surface area contributed by atoms with Crippen molar-refractivity contribution >= 4 is 66.0 Å². The zero-order chi connectivity index (χ0) is 12.4. The van der Waals surface area contributed by atoms with Gasteiger partial charge in [-0.15, -0.1) is 0 Å². The number of rotatable bonds is 2. The first-order valence-corrected chi connectivity index (χ1v) is 7.24. The van der Waals surface area contributed by atoms with Crippen LogP contribution in [0.15, 0.2) is 43.9 Å². The Morgan fingerprint density at radius 3 is 2.59 bits per heavy atom. The van der Waals surface area contributed by atoms with E-state index in [-0.39, 0.29) is 11.7 Å². The van der Waals surface area contributed by atoms with E-state index in [2.05, 4.69) is 59.8 Å². The molecule has 0 aliphatic rings. The van der Waals surface area contributed by atoms with E-state index in [9.17, 15) is 4.79 Å². The summed E-state index contributed by atoms with van der Waals surface area (Å²) in [7, 11) is 0. The molecule has 0 spiro atoms. The van der Waals surface area contributed by atoms with E-state index >= 15 is 0 Å². The van der Waals surface area contributed by atoms with Crippen molar-refractivity contribution in [3.63, 3.8) is 0 Å². The molecule has 88 valence electrons. The summed E-state index contributed by atoms with van der Waals surface area (Å²) in [5.41, 5.74) is 0.756. The van der Waals surface area contributed by atoms with E-state index < -0.39 is 0 Å². The van der Waals surface area contributed by atoms with Gasteiger partial charge in [0.15, 0.2) is 10.4 Å². The molecule has 0 aliphatic carbocycles. The Kier molecular flexibility index (Phi) is 4.26. The zero-order valence-electron chi connectivity index (χ0n) is 8.34. The van der Waals surface area contributed by atoms with Gasteiger partial charge in [-0.25, -0.2) is 0 Å². The molecule has 3 nitrogen and oxygen atoms in total. The van der Waals surface area contributed by atoms with Crippen LogP contribution >= 0.6 is 54.5 Å². The lowest BCUT2D eigenvalue weighted by Crippen LogP contribution is -2.11. The van der Waals surface area contributed by atoms with E-state index in [0.717, 1.165) is 13.7 Å². The molecule has 6 heteroatoms. The molecule has 0 radical (unpaired) electrons. The Morgan fingerprint density at radius 1 is 1.24 bits per heavy atom. The fraction of sp³-hybridized carbons (Fsp3) is 0. The normalized spacial score (nSPS) is 10.3. The second-order valence-electron chi connectivity index (χ2n) is 3.18. The molecule has 0 fully saturated rings. The SMILES string of the molecule is O=C(Nc1ccc(Br)cc1I)c1ccc(Br)o1. The monoisotopic (exact) mass is 469 g/mol. The third-order valence-electron chi connectivity index (χ3n) is 1.98. The lowest BCUT2D eigenvalue weighted by molar-refractivity contribution is 0.0995. The van der Waals surface area contributed by atoms with Gasteiger partial charge in [0.05, 0.1) is 5.69 Å². The Balaban J connectivity index is 2.18. The lowest BCUT2D eigenvalue weighted by Gasteiger charge is -2.05. The van der Waals surface area contributed by atoms with Gasteiger partial charge in [0, 0.05) is 8.04 Å². The molecule has 0 saturated carbocycles. The molecular weight excluding hydrogens is 465 g/mol. The van der Waals surface area contributed by atoms with Gasteiger partial charge in [0.1, 0.15) is 0 Å². The quantitative estimate of drug-likeness (QED) is 0.649. The van der Waals surface area contributed by atoms with E-state index in [1.165, 1.54) is 0 Å². The Labute approximate surface area is 128 Å². The summed E-state index contributed by atoms with van der Waals surface area (Å²) >= 11 is 8.68. The fourth-order valence-corrected chi connectivity index (χ4v) is 2.96. The van der Waals surface area contributed by atoms with Crippen LogP contribution in [0.2, 0.25) is 0 Å². The van der Waals surface area contributed by atoms with Crippen molar-refractivity contribution in [2.24, 2.45) is 0 Å². The van der Waals surface area contributed by atoms with Crippen molar-refractivity contribution in [3.05, 3.63) is 48.8 Å². The average molecular weight is 471 g/mol. The summed E-state index contributed by atoms with van der Waals surface area (Å²) in [6.07, 6.45) is 0. The summed E-state index contributed by atoms with van der Waals surface area (Å²) in [5.74, 6) is 0.00605. The van der Waals surface area contributed by atoms with Crippen molar-refractivity contribution in [1.82, 2.24) is 0 Å². The predicted octanol–water partition coefficient (Wildman–Crippen LogP) is 4.66. The van der Waals surface area contributed by atoms with Crippen molar-refractivity contribution in [3.8, 4) is 0 Å². The summed E-state index contributed by atoms with van der Waals surface area (Å²) in [5, 5.41) is 2.79. The highest BCUT2D eigenvalue weighted by molar-refractivity contribution is 14.1. The van der Waals surface area contributed by atoms with Gasteiger partial charge >= 0.3 is 0 Å². The maximum Gasteiger partial charge on any atom is 0.291 e. The number of carbonyl (C=O) groups excluding carboxylic acids is 1. The first kappa shape index (κ1) is 13.1. The highest BCUT2D eigenvalue weighted by atomic mass is 127. The Morgan fingerprint density at radius 2 is 2.00 bits per heavy atom. The van der Waals surface area contributed by atoms with E-state index in [1.807, 2.05) is 18.2 Å². The highest BCUT2D eigenvalue weighted by Gasteiger charge is 2.12. The van der Waals surface area contributed by atoms with Gasteiger partial charge in [-0.05, 0) is 68.9 Å². The second kappa shape index (κ2) is 5.53. The molecule has 0 aliphatic heterocycles. The average Bonchev–Trinajstić information content (AvgIpc) is 2.69. The van der Waals surface area contributed by atoms with Gasteiger partial charge < -0.3 is 9.73 Å². The molecule has 2 aromatic rings. The summed E-state index contributed by atoms with van der Waals surface area (Å²) in [6, 6.07) is 8.93. The fourth-order valence-electron chi connectivity index (χ4n) is 1.21. The Hall–Kier alpha value is -0.340. The zero-order valence-corrected chi connectivity index (χ0v) is 13.7. The minimum Gasteiger partial charge on any atom is -0.444 e. The molecule has 2 rings (SSSR count). The highest BCUT2D eigenvalue weighted by Crippen LogP contribution is 2.23. The van der Waals surface area contributed by atoms with Gasteiger partial charge in [0.2, 0.25) is 0 Å². The van der Waals surface area contributed by atoms with Gasteiger partial charge in [-0.3, -0.25) is 4.79 Å². The summed E-state index contributed by atoms with van der Waals surface area (Å²) < 4.78 is 7.64. The van der Waals surface area contributed by atoms with Crippen LogP contribution in [-0.2, 0) is 0 Å². The van der Waals surface area contributed by atoms with E-state index in [0.29, 0.717) is 4.67 Å². The standard InChI is InChI=1S/C11H6Br2INO2/c12-6-1-2-8(7(14)5-6)15-11(16)9-3-4-10(13)17-9/h1-5H,(H,15,16). The van der Waals surface area contributed by atoms with Gasteiger partial charge in [0.25, 0.3) is 5.91 Å². The summed E-state index contributed by atoms with van der Waals surface area (Å²) in [6.45, 7) is 0. The number of carbonyl (C=O) groups is 1. The molecule has 0 saturated heterocycles. The van der Waals surface area contributed by atoms with Gasteiger partial charge in [-0.1, -0.05) is 15.9 Å². The number of nitrogens with one attached hydrogen (secondary N) is 1. The molecule has 1 amide bonds. The van der Waals surface area contributed by atoms with Crippen LogP contribution in [0.1, 0.15) is 10.6 Å². The number of furan rings is 1. The number of benzene rings is 1. The number of halogens is 3. The third-order valence-corrected chi connectivity index (χ3v) is 3.79. The second-order valence-corrected chi connectivity index (χ2v) is 6.04.